The van der Waals surface area contributed by atoms with Crippen molar-refractivity contribution in [2.75, 3.05) is 0 Å². The van der Waals surface area contributed by atoms with Crippen LogP contribution >= 0.6 is 0 Å². The van der Waals surface area contributed by atoms with Crippen LogP contribution in [0.25, 0.3) is 0 Å². The molecule has 1 aliphatic rings. The molecule has 1 aromatic heterocycles. The van der Waals surface area contributed by atoms with Gasteiger partial charge >= 0.3 is 0 Å². The summed E-state index contributed by atoms with van der Waals surface area (Å²) in [6.45, 7) is 6.57. The fraction of sp³-hybridized carbons (Fsp3) is 0.667. The Bertz CT molecular complexity index is 250. The zero-order chi connectivity index (χ0) is 8.01. The molecule has 11 heavy (non-hydrogen) atoms. The van der Waals surface area contributed by atoms with Crippen LogP contribution in [0.5, 0.6) is 0 Å². The Labute approximate surface area is 67.2 Å². The molecule has 0 saturated heterocycles. The lowest BCUT2D eigenvalue weighted by Crippen LogP contribution is -2.00. The van der Waals surface area contributed by atoms with Crippen LogP contribution in [0.15, 0.2) is 6.07 Å². The maximum absolute atomic E-state index is 4.44. The van der Waals surface area contributed by atoms with Crippen LogP contribution < -0.4 is 0 Å². The Morgan fingerprint density at radius 2 is 2.27 bits per heavy atom. The van der Waals surface area contributed by atoms with E-state index in [4.69, 9.17) is 0 Å². The topological polar surface area (TPSA) is 17.8 Å². The summed E-state index contributed by atoms with van der Waals surface area (Å²) < 4.78 is 2.17. The van der Waals surface area contributed by atoms with Crippen LogP contribution in [-0.2, 0) is 0 Å². The van der Waals surface area contributed by atoms with E-state index in [2.05, 4.69) is 36.6 Å². The number of rotatable bonds is 0. The first-order valence-electron chi connectivity index (χ1n) is 4.24. The molecule has 2 heterocycles. The Kier molecular flexibility index (Phi) is 1.31. The third kappa shape index (κ3) is 0.889. The molecule has 0 radical (unpaired) electrons. The van der Waals surface area contributed by atoms with E-state index in [1.165, 1.54) is 12.1 Å². The zero-order valence-corrected chi connectivity index (χ0v) is 7.33. The Morgan fingerprint density at radius 3 is 2.91 bits per heavy atom. The number of aromatic nitrogens is 2. The van der Waals surface area contributed by atoms with Crippen molar-refractivity contribution in [3.8, 4) is 0 Å². The van der Waals surface area contributed by atoms with Crippen molar-refractivity contribution >= 4 is 0 Å². The molecule has 0 aromatic carbocycles. The van der Waals surface area contributed by atoms with Gasteiger partial charge in [-0.1, -0.05) is 6.92 Å². The minimum atomic E-state index is 0.605. The summed E-state index contributed by atoms with van der Waals surface area (Å²) in [6, 6.07) is 2.81. The van der Waals surface area contributed by atoms with Crippen molar-refractivity contribution in [2.24, 2.45) is 0 Å². The first-order chi connectivity index (χ1) is 5.18. The fourth-order valence-electron chi connectivity index (χ4n) is 1.99. The molecule has 0 saturated carbocycles. The van der Waals surface area contributed by atoms with Crippen LogP contribution in [0.4, 0.5) is 0 Å². The second-order valence-electron chi connectivity index (χ2n) is 3.64. The lowest BCUT2D eigenvalue weighted by molar-refractivity contribution is 0.508. The van der Waals surface area contributed by atoms with Crippen LogP contribution in [-0.4, -0.2) is 9.78 Å². The molecule has 2 heteroatoms. The fourth-order valence-corrected chi connectivity index (χ4v) is 1.99. The number of hydrogen-bond donors (Lipinski definition) is 0. The Balaban J connectivity index is 2.50. The average Bonchev–Trinajstić information content (AvgIpc) is 2.38. The average molecular weight is 150 g/mol. The number of nitrogens with zero attached hydrogens (tertiary/aromatic N) is 2. The molecule has 0 N–H and O–H groups in total. The summed E-state index contributed by atoms with van der Waals surface area (Å²) in [5, 5.41) is 4.44. The summed E-state index contributed by atoms with van der Waals surface area (Å²) in [5.74, 6) is 0.700. The summed E-state index contributed by atoms with van der Waals surface area (Å²) in [5.41, 5.74) is 2.56. The van der Waals surface area contributed by atoms with Crippen LogP contribution in [0.3, 0.4) is 0 Å². The van der Waals surface area contributed by atoms with Gasteiger partial charge in [0, 0.05) is 11.6 Å². The number of fused-ring (bicyclic) bond motifs is 1. The molecule has 0 amide bonds. The van der Waals surface area contributed by atoms with Crippen molar-refractivity contribution < 1.29 is 0 Å². The van der Waals surface area contributed by atoms with Gasteiger partial charge in [-0.15, -0.1) is 0 Å². The minimum absolute atomic E-state index is 0.605. The van der Waals surface area contributed by atoms with Gasteiger partial charge < -0.3 is 0 Å². The summed E-state index contributed by atoms with van der Waals surface area (Å²) in [6.07, 6.45) is 1.25. The van der Waals surface area contributed by atoms with E-state index >= 15 is 0 Å². The highest BCUT2D eigenvalue weighted by Gasteiger charge is 2.25. The maximum atomic E-state index is 4.44. The standard InChI is InChI=1S/C9H14N2/c1-6-4-8(3)11-9(6)5-7(2)10-11/h5-6,8H,4H2,1-3H3/t6-,8+/m1/s1. The predicted octanol–water partition coefficient (Wildman–Crippen LogP) is 2.26. The van der Waals surface area contributed by atoms with Crippen LogP contribution in [0.2, 0.25) is 0 Å². The molecule has 2 rings (SSSR count). The molecule has 0 spiro atoms. The first kappa shape index (κ1) is 6.89. The number of hydrogen-bond acceptors (Lipinski definition) is 1. The second kappa shape index (κ2) is 2.10. The van der Waals surface area contributed by atoms with Crippen LogP contribution in [0, 0.1) is 6.92 Å². The van der Waals surface area contributed by atoms with Gasteiger partial charge in [0.05, 0.1) is 11.7 Å². The highest BCUT2D eigenvalue weighted by molar-refractivity contribution is 5.17. The van der Waals surface area contributed by atoms with Gasteiger partial charge in [-0.05, 0) is 26.3 Å². The molecule has 2 atom stereocenters. The zero-order valence-electron chi connectivity index (χ0n) is 7.33. The predicted molar refractivity (Wildman–Crippen MR) is 44.7 cm³/mol. The first-order valence-corrected chi connectivity index (χ1v) is 4.24. The molecule has 1 aromatic rings. The van der Waals surface area contributed by atoms with Gasteiger partial charge in [-0.2, -0.15) is 5.10 Å². The van der Waals surface area contributed by atoms with Crippen molar-refractivity contribution in [2.45, 2.75) is 39.2 Å². The van der Waals surface area contributed by atoms with E-state index in [9.17, 15) is 0 Å². The quantitative estimate of drug-likeness (QED) is 0.554. The molecular formula is C9H14N2. The SMILES string of the molecule is Cc1cc2n(n1)[C@@H](C)C[C@H]2C. The van der Waals surface area contributed by atoms with E-state index in [0.717, 1.165) is 5.69 Å². The highest BCUT2D eigenvalue weighted by Crippen LogP contribution is 2.34. The maximum Gasteiger partial charge on any atom is 0.0596 e. The molecule has 2 nitrogen and oxygen atoms in total. The molecule has 60 valence electrons. The number of aryl methyl sites for hydroxylation is 1. The van der Waals surface area contributed by atoms with Gasteiger partial charge in [0.25, 0.3) is 0 Å². The van der Waals surface area contributed by atoms with Crippen molar-refractivity contribution in [1.82, 2.24) is 9.78 Å². The van der Waals surface area contributed by atoms with Crippen molar-refractivity contribution in [3.05, 3.63) is 17.5 Å². The molecule has 0 unspecified atom stereocenters. The van der Waals surface area contributed by atoms with Crippen molar-refractivity contribution in [1.29, 1.82) is 0 Å². The highest BCUT2D eigenvalue weighted by atomic mass is 15.3. The smallest absolute Gasteiger partial charge is 0.0596 e. The van der Waals surface area contributed by atoms with E-state index in [1.54, 1.807) is 0 Å². The molecule has 0 fully saturated rings. The van der Waals surface area contributed by atoms with E-state index in [1.807, 2.05) is 0 Å². The van der Waals surface area contributed by atoms with E-state index in [0.29, 0.717) is 12.0 Å². The lowest BCUT2D eigenvalue weighted by Gasteiger charge is -2.02. The van der Waals surface area contributed by atoms with Gasteiger partial charge in [-0.25, -0.2) is 0 Å². The molecule has 1 aliphatic heterocycles. The monoisotopic (exact) mass is 150 g/mol. The minimum Gasteiger partial charge on any atom is -0.266 e. The van der Waals surface area contributed by atoms with Crippen molar-refractivity contribution in [3.63, 3.8) is 0 Å². The van der Waals surface area contributed by atoms with E-state index in [-0.39, 0.29) is 0 Å². The summed E-state index contributed by atoms with van der Waals surface area (Å²) >= 11 is 0. The Hall–Kier alpha value is -0.790. The van der Waals surface area contributed by atoms with Crippen LogP contribution in [0.1, 0.15) is 43.6 Å². The second-order valence-corrected chi connectivity index (χ2v) is 3.64. The summed E-state index contributed by atoms with van der Waals surface area (Å²) in [7, 11) is 0. The third-order valence-electron chi connectivity index (χ3n) is 2.50. The third-order valence-corrected chi connectivity index (χ3v) is 2.50. The Morgan fingerprint density at radius 1 is 1.55 bits per heavy atom. The lowest BCUT2D eigenvalue weighted by atomic mass is 10.0. The van der Waals surface area contributed by atoms with Gasteiger partial charge in [0.15, 0.2) is 0 Å². The molecule has 0 bridgehead atoms. The van der Waals surface area contributed by atoms with Gasteiger partial charge in [0.2, 0.25) is 0 Å². The molecule has 0 aliphatic carbocycles. The van der Waals surface area contributed by atoms with Gasteiger partial charge in [0.1, 0.15) is 0 Å². The largest absolute Gasteiger partial charge is 0.266 e. The van der Waals surface area contributed by atoms with Gasteiger partial charge in [-0.3, -0.25) is 4.68 Å². The molecular weight excluding hydrogens is 136 g/mol. The normalized spacial score (nSPS) is 29.0. The summed E-state index contributed by atoms with van der Waals surface area (Å²) in [4.78, 5) is 0. The van der Waals surface area contributed by atoms with E-state index < -0.39 is 0 Å².